The Morgan fingerprint density at radius 1 is 0.969 bits per heavy atom. The SMILES string of the molecule is COc1ccccc1NC(=O)C(=O)NC[C@@H](c1cccc2ccccc12)N1CCOCC1. The standard InChI is InChI=1S/C25H27N3O4/c1-31-23-12-5-4-11-21(23)27-25(30)24(29)26-17-22(28-13-15-32-16-14-28)20-10-6-8-18-7-2-3-9-19(18)20/h2-12,22H,13-17H2,1H3,(H,26,29)(H,27,30)/t22-/m0/s1. The van der Waals surface area contributed by atoms with Crippen LogP contribution in [0.5, 0.6) is 5.75 Å². The number of morpholine rings is 1. The van der Waals surface area contributed by atoms with E-state index in [0.29, 0.717) is 31.2 Å². The molecule has 0 aliphatic carbocycles. The first-order valence-electron chi connectivity index (χ1n) is 10.7. The van der Waals surface area contributed by atoms with E-state index in [1.54, 1.807) is 24.3 Å². The number of methoxy groups -OCH3 is 1. The number of hydrogen-bond acceptors (Lipinski definition) is 5. The third-order valence-corrected chi connectivity index (χ3v) is 5.69. The maximum absolute atomic E-state index is 12.6. The first-order valence-corrected chi connectivity index (χ1v) is 10.7. The first kappa shape index (κ1) is 21.8. The molecule has 0 radical (unpaired) electrons. The van der Waals surface area contributed by atoms with E-state index in [1.807, 2.05) is 18.2 Å². The zero-order valence-electron chi connectivity index (χ0n) is 18.0. The number of nitrogens with zero attached hydrogens (tertiary/aromatic N) is 1. The van der Waals surface area contributed by atoms with Gasteiger partial charge in [-0.05, 0) is 28.5 Å². The zero-order valence-corrected chi connectivity index (χ0v) is 18.0. The summed E-state index contributed by atoms with van der Waals surface area (Å²) in [7, 11) is 1.52. The third kappa shape index (κ3) is 4.90. The van der Waals surface area contributed by atoms with Gasteiger partial charge in [0.05, 0.1) is 32.1 Å². The normalized spacial score (nSPS) is 15.2. The van der Waals surface area contributed by atoms with E-state index in [1.165, 1.54) is 7.11 Å². The quantitative estimate of drug-likeness (QED) is 0.585. The van der Waals surface area contributed by atoms with Crippen molar-refractivity contribution >= 4 is 28.3 Å². The van der Waals surface area contributed by atoms with Gasteiger partial charge in [-0.1, -0.05) is 54.6 Å². The number of benzene rings is 3. The molecule has 2 N–H and O–H groups in total. The molecule has 0 unspecified atom stereocenters. The Hall–Kier alpha value is -3.42. The molecule has 1 heterocycles. The van der Waals surface area contributed by atoms with Gasteiger partial charge in [-0.25, -0.2) is 0 Å². The number of anilines is 1. The summed E-state index contributed by atoms with van der Waals surface area (Å²) < 4.78 is 10.8. The van der Waals surface area contributed by atoms with E-state index < -0.39 is 11.8 Å². The lowest BCUT2D eigenvalue weighted by molar-refractivity contribution is -0.136. The predicted octanol–water partition coefficient (Wildman–Crippen LogP) is 2.98. The van der Waals surface area contributed by atoms with Gasteiger partial charge in [-0.15, -0.1) is 0 Å². The Kier molecular flexibility index (Phi) is 6.99. The average Bonchev–Trinajstić information content (AvgIpc) is 2.85. The molecule has 0 saturated carbocycles. The summed E-state index contributed by atoms with van der Waals surface area (Å²) in [6.07, 6.45) is 0. The van der Waals surface area contributed by atoms with Crippen LogP contribution in [-0.4, -0.2) is 56.7 Å². The van der Waals surface area contributed by atoms with Crippen LogP contribution in [0, 0.1) is 0 Å². The van der Waals surface area contributed by atoms with Gasteiger partial charge >= 0.3 is 11.8 Å². The Bertz CT molecular complexity index is 1090. The molecule has 1 aliphatic heterocycles. The van der Waals surface area contributed by atoms with Gasteiger partial charge in [0.25, 0.3) is 0 Å². The molecule has 1 aliphatic rings. The number of hydrogen-bond donors (Lipinski definition) is 2. The van der Waals surface area contributed by atoms with Gasteiger partial charge < -0.3 is 20.1 Å². The molecule has 1 atom stereocenters. The fourth-order valence-electron chi connectivity index (χ4n) is 4.06. The van der Waals surface area contributed by atoms with E-state index in [-0.39, 0.29) is 6.04 Å². The molecule has 166 valence electrons. The van der Waals surface area contributed by atoms with Crippen LogP contribution < -0.4 is 15.4 Å². The molecule has 0 spiro atoms. The lowest BCUT2D eigenvalue weighted by atomic mass is 9.97. The first-order chi connectivity index (χ1) is 15.7. The number of carbonyl (C=O) groups is 2. The molecule has 0 aromatic heterocycles. The lowest BCUT2D eigenvalue weighted by Crippen LogP contribution is -2.45. The monoisotopic (exact) mass is 433 g/mol. The van der Waals surface area contributed by atoms with Crippen LogP contribution in [0.3, 0.4) is 0 Å². The van der Waals surface area contributed by atoms with Crippen molar-refractivity contribution in [1.29, 1.82) is 0 Å². The highest BCUT2D eigenvalue weighted by molar-refractivity contribution is 6.39. The number of amides is 2. The van der Waals surface area contributed by atoms with Crippen LogP contribution in [0.2, 0.25) is 0 Å². The van der Waals surface area contributed by atoms with E-state index in [0.717, 1.165) is 29.4 Å². The summed E-state index contributed by atoms with van der Waals surface area (Å²) in [6.45, 7) is 3.12. The van der Waals surface area contributed by atoms with Crippen molar-refractivity contribution in [3.63, 3.8) is 0 Å². The van der Waals surface area contributed by atoms with Gasteiger partial charge in [-0.2, -0.15) is 0 Å². The summed E-state index contributed by atoms with van der Waals surface area (Å²) in [6, 6.07) is 21.3. The summed E-state index contributed by atoms with van der Waals surface area (Å²) in [4.78, 5) is 27.4. The van der Waals surface area contributed by atoms with E-state index in [4.69, 9.17) is 9.47 Å². The maximum atomic E-state index is 12.6. The van der Waals surface area contributed by atoms with E-state index >= 15 is 0 Å². The molecule has 1 saturated heterocycles. The highest BCUT2D eigenvalue weighted by atomic mass is 16.5. The molecule has 1 fully saturated rings. The lowest BCUT2D eigenvalue weighted by Gasteiger charge is -2.35. The second-order valence-electron chi connectivity index (χ2n) is 7.60. The number of fused-ring (bicyclic) bond motifs is 1. The van der Waals surface area contributed by atoms with Crippen LogP contribution in [0.4, 0.5) is 5.69 Å². The van der Waals surface area contributed by atoms with Crippen LogP contribution in [-0.2, 0) is 14.3 Å². The van der Waals surface area contributed by atoms with E-state index in [2.05, 4.69) is 39.8 Å². The molecule has 7 heteroatoms. The fraction of sp³-hybridized carbons (Fsp3) is 0.280. The minimum Gasteiger partial charge on any atom is -0.495 e. The maximum Gasteiger partial charge on any atom is 0.313 e. The average molecular weight is 434 g/mol. The van der Waals surface area contributed by atoms with Gasteiger partial charge in [0, 0.05) is 19.6 Å². The second-order valence-corrected chi connectivity index (χ2v) is 7.60. The fourth-order valence-corrected chi connectivity index (χ4v) is 4.06. The Balaban J connectivity index is 1.51. The van der Waals surface area contributed by atoms with Crippen molar-refractivity contribution in [1.82, 2.24) is 10.2 Å². The van der Waals surface area contributed by atoms with Crippen molar-refractivity contribution in [2.75, 3.05) is 45.3 Å². The van der Waals surface area contributed by atoms with Crippen LogP contribution in [0.25, 0.3) is 10.8 Å². The molecule has 32 heavy (non-hydrogen) atoms. The highest BCUT2D eigenvalue weighted by Crippen LogP contribution is 2.29. The Morgan fingerprint density at radius 2 is 1.69 bits per heavy atom. The molecule has 3 aromatic carbocycles. The van der Waals surface area contributed by atoms with Crippen molar-refractivity contribution in [3.05, 3.63) is 72.3 Å². The van der Waals surface area contributed by atoms with Crippen molar-refractivity contribution in [2.24, 2.45) is 0 Å². The molecule has 2 amide bonds. The molecule has 3 aromatic rings. The number of nitrogens with one attached hydrogen (secondary N) is 2. The second kappa shape index (κ2) is 10.3. The van der Waals surface area contributed by atoms with Crippen molar-refractivity contribution in [2.45, 2.75) is 6.04 Å². The van der Waals surface area contributed by atoms with Gasteiger partial charge in [0.1, 0.15) is 5.75 Å². The zero-order chi connectivity index (χ0) is 22.3. The third-order valence-electron chi connectivity index (χ3n) is 5.69. The topological polar surface area (TPSA) is 79.9 Å². The minimum atomic E-state index is -0.729. The summed E-state index contributed by atoms with van der Waals surface area (Å²) in [5.41, 5.74) is 1.57. The van der Waals surface area contributed by atoms with Crippen LogP contribution in [0.1, 0.15) is 11.6 Å². The summed E-state index contributed by atoms with van der Waals surface area (Å²) in [5.74, 6) is -0.918. The highest BCUT2D eigenvalue weighted by Gasteiger charge is 2.26. The number of para-hydroxylation sites is 2. The van der Waals surface area contributed by atoms with Crippen molar-refractivity contribution < 1.29 is 19.1 Å². The molecule has 0 bridgehead atoms. The molecule has 4 rings (SSSR count). The van der Waals surface area contributed by atoms with Crippen molar-refractivity contribution in [3.8, 4) is 5.75 Å². The van der Waals surface area contributed by atoms with Gasteiger partial charge in [0.2, 0.25) is 0 Å². The summed E-state index contributed by atoms with van der Waals surface area (Å²) >= 11 is 0. The van der Waals surface area contributed by atoms with Crippen LogP contribution in [0.15, 0.2) is 66.7 Å². The molecular weight excluding hydrogens is 406 g/mol. The number of ether oxygens (including phenoxy) is 2. The number of carbonyl (C=O) groups excluding carboxylic acids is 2. The largest absolute Gasteiger partial charge is 0.495 e. The van der Waals surface area contributed by atoms with Gasteiger partial charge in [-0.3, -0.25) is 14.5 Å². The Morgan fingerprint density at radius 3 is 2.50 bits per heavy atom. The minimum absolute atomic E-state index is 0.0759. The Labute approximate surface area is 187 Å². The molecular formula is C25H27N3O4. The smallest absolute Gasteiger partial charge is 0.313 e. The number of rotatable bonds is 6. The van der Waals surface area contributed by atoms with Gasteiger partial charge in [0.15, 0.2) is 0 Å². The predicted molar refractivity (Wildman–Crippen MR) is 124 cm³/mol. The molecule has 7 nitrogen and oxygen atoms in total. The summed E-state index contributed by atoms with van der Waals surface area (Å²) in [5, 5.41) is 7.73. The van der Waals surface area contributed by atoms with E-state index in [9.17, 15) is 9.59 Å². The van der Waals surface area contributed by atoms with Crippen LogP contribution >= 0.6 is 0 Å².